The quantitative estimate of drug-likeness (QED) is 0.414. The minimum atomic E-state index is -0.511. The van der Waals surface area contributed by atoms with E-state index >= 15 is 0 Å². The van der Waals surface area contributed by atoms with Crippen LogP contribution in [0.15, 0.2) is 41.8 Å². The average Bonchev–Trinajstić information content (AvgIpc) is 2.65. The number of rotatable bonds is 5. The lowest BCUT2D eigenvalue weighted by atomic mass is 10.2. The Hall–Kier alpha value is -3.07. The summed E-state index contributed by atoms with van der Waals surface area (Å²) in [7, 11) is 1.29. The van der Waals surface area contributed by atoms with Crippen molar-refractivity contribution >= 4 is 40.4 Å². The number of thioether (sulfide) groups is 1. The molecule has 3 rings (SSSR count). The summed E-state index contributed by atoms with van der Waals surface area (Å²) in [4.78, 5) is 40.7. The van der Waals surface area contributed by atoms with Crippen molar-refractivity contribution in [3.63, 3.8) is 0 Å². The topological polar surface area (TPSA) is 107 Å². The lowest BCUT2D eigenvalue weighted by Crippen LogP contribution is -2.17. The summed E-state index contributed by atoms with van der Waals surface area (Å²) in [6.07, 6.45) is 3.05. The van der Waals surface area contributed by atoms with Crippen molar-refractivity contribution in [2.75, 3.05) is 18.2 Å². The second-order valence-electron chi connectivity index (χ2n) is 5.21. The summed E-state index contributed by atoms with van der Waals surface area (Å²) < 4.78 is 4.72. The highest BCUT2D eigenvalue weighted by molar-refractivity contribution is 8.00. The van der Waals surface area contributed by atoms with Crippen LogP contribution in [0.4, 0.5) is 5.69 Å². The largest absolute Gasteiger partial charge is 0.465 e. The minimum Gasteiger partial charge on any atom is -0.465 e. The van der Waals surface area contributed by atoms with Crippen LogP contribution < -0.4 is 5.32 Å². The zero-order valence-electron chi connectivity index (χ0n) is 14.1. The molecule has 1 N–H and O–H groups in total. The summed E-state index contributed by atoms with van der Waals surface area (Å²) in [6, 6.07) is 6.66. The van der Waals surface area contributed by atoms with Crippen molar-refractivity contribution in [3.8, 4) is 0 Å². The summed E-state index contributed by atoms with van der Waals surface area (Å²) in [5.41, 5.74) is 1.23. The van der Waals surface area contributed by atoms with E-state index in [9.17, 15) is 9.59 Å². The number of aryl methyl sites for hydroxylation is 1. The first-order valence-corrected chi connectivity index (χ1v) is 8.61. The highest BCUT2D eigenvalue weighted by Crippen LogP contribution is 2.23. The van der Waals surface area contributed by atoms with Crippen LogP contribution in [0.1, 0.15) is 16.2 Å². The van der Waals surface area contributed by atoms with Crippen LogP contribution in [0.2, 0.25) is 0 Å². The molecular formula is C17H15N5O3S. The molecule has 0 aliphatic rings. The van der Waals surface area contributed by atoms with Gasteiger partial charge in [-0.25, -0.2) is 24.7 Å². The maximum Gasteiger partial charge on any atom is 0.339 e. The van der Waals surface area contributed by atoms with Crippen molar-refractivity contribution in [2.24, 2.45) is 0 Å². The van der Waals surface area contributed by atoms with Crippen LogP contribution in [0.3, 0.4) is 0 Å². The van der Waals surface area contributed by atoms with Crippen molar-refractivity contribution in [1.82, 2.24) is 19.9 Å². The Balaban J connectivity index is 1.72. The molecule has 1 amide bonds. The number of anilines is 1. The van der Waals surface area contributed by atoms with Gasteiger partial charge in [-0.3, -0.25) is 4.79 Å². The SMILES string of the molecule is COC(=O)c1ccccc1NC(=O)CSc1ncnc2nc(C)ncc12. The smallest absolute Gasteiger partial charge is 0.339 e. The number of aromatic nitrogens is 4. The van der Waals surface area contributed by atoms with Crippen molar-refractivity contribution in [3.05, 3.63) is 48.2 Å². The van der Waals surface area contributed by atoms with Crippen LogP contribution in [0, 0.1) is 6.92 Å². The number of hydrogen-bond acceptors (Lipinski definition) is 8. The average molecular weight is 369 g/mol. The Labute approximate surface area is 153 Å². The molecule has 0 aliphatic heterocycles. The highest BCUT2D eigenvalue weighted by atomic mass is 32.2. The maximum absolute atomic E-state index is 12.3. The van der Waals surface area contributed by atoms with Crippen LogP contribution in [-0.2, 0) is 9.53 Å². The fourth-order valence-corrected chi connectivity index (χ4v) is 2.99. The van der Waals surface area contributed by atoms with Gasteiger partial charge in [0.2, 0.25) is 5.91 Å². The molecule has 8 nitrogen and oxygen atoms in total. The number of amides is 1. The van der Waals surface area contributed by atoms with E-state index in [2.05, 4.69) is 25.3 Å². The second kappa shape index (κ2) is 7.87. The molecule has 1 aromatic carbocycles. The van der Waals surface area contributed by atoms with Crippen molar-refractivity contribution in [1.29, 1.82) is 0 Å². The van der Waals surface area contributed by atoms with Gasteiger partial charge in [0, 0.05) is 6.20 Å². The normalized spacial score (nSPS) is 10.5. The summed E-state index contributed by atoms with van der Waals surface area (Å²) in [6.45, 7) is 1.78. The van der Waals surface area contributed by atoms with Gasteiger partial charge in [0.1, 0.15) is 17.2 Å². The molecule has 0 aliphatic carbocycles. The van der Waals surface area contributed by atoms with E-state index in [1.54, 1.807) is 37.4 Å². The number of methoxy groups -OCH3 is 1. The minimum absolute atomic E-state index is 0.107. The Kier molecular flexibility index (Phi) is 5.37. The van der Waals surface area contributed by atoms with Gasteiger partial charge >= 0.3 is 5.97 Å². The van der Waals surface area contributed by atoms with Gasteiger partial charge < -0.3 is 10.1 Å². The van der Waals surface area contributed by atoms with E-state index in [-0.39, 0.29) is 11.7 Å². The predicted molar refractivity (Wildman–Crippen MR) is 97.0 cm³/mol. The number of nitrogens with zero attached hydrogens (tertiary/aromatic N) is 4. The first-order valence-electron chi connectivity index (χ1n) is 7.63. The molecule has 132 valence electrons. The Morgan fingerprint density at radius 3 is 2.81 bits per heavy atom. The van der Waals surface area contributed by atoms with Gasteiger partial charge in [0.25, 0.3) is 0 Å². The van der Waals surface area contributed by atoms with Crippen molar-refractivity contribution in [2.45, 2.75) is 11.9 Å². The molecule has 0 spiro atoms. The lowest BCUT2D eigenvalue weighted by Gasteiger charge is -2.09. The van der Waals surface area contributed by atoms with E-state index < -0.39 is 5.97 Å². The van der Waals surface area contributed by atoms with E-state index in [1.165, 1.54) is 25.2 Å². The van der Waals surface area contributed by atoms with E-state index in [0.29, 0.717) is 33.1 Å². The highest BCUT2D eigenvalue weighted by Gasteiger charge is 2.14. The van der Waals surface area contributed by atoms with Gasteiger partial charge in [-0.2, -0.15) is 0 Å². The van der Waals surface area contributed by atoms with Crippen LogP contribution in [0.5, 0.6) is 0 Å². The number of carbonyl (C=O) groups is 2. The van der Waals surface area contributed by atoms with Gasteiger partial charge in [0.15, 0.2) is 5.65 Å². The van der Waals surface area contributed by atoms with Gasteiger partial charge in [-0.05, 0) is 19.1 Å². The third-order valence-electron chi connectivity index (χ3n) is 3.42. The van der Waals surface area contributed by atoms with Gasteiger partial charge in [-0.15, -0.1) is 0 Å². The summed E-state index contributed by atoms with van der Waals surface area (Å²) in [5, 5.41) is 4.02. The Morgan fingerprint density at radius 1 is 1.19 bits per heavy atom. The Morgan fingerprint density at radius 2 is 2.00 bits per heavy atom. The molecule has 0 radical (unpaired) electrons. The standard InChI is InChI=1S/C17H15N5O3S/c1-10-18-7-12-15(21-10)19-9-20-16(12)26-8-14(23)22-13-6-4-3-5-11(13)17(24)25-2/h3-7,9H,8H2,1-2H3,(H,22,23). The summed E-state index contributed by atoms with van der Waals surface area (Å²) in [5.74, 6) is -0.0616. The molecule has 0 saturated heterocycles. The van der Waals surface area contributed by atoms with E-state index in [0.717, 1.165) is 0 Å². The number of benzene rings is 1. The molecule has 0 saturated carbocycles. The first kappa shape index (κ1) is 17.7. The van der Waals surface area contributed by atoms with Crippen LogP contribution in [0.25, 0.3) is 11.0 Å². The third-order valence-corrected chi connectivity index (χ3v) is 4.43. The zero-order valence-corrected chi connectivity index (χ0v) is 14.9. The van der Waals surface area contributed by atoms with Gasteiger partial charge in [-0.1, -0.05) is 23.9 Å². The number of fused-ring (bicyclic) bond motifs is 1. The third kappa shape index (κ3) is 3.94. The molecule has 0 fully saturated rings. The first-order chi connectivity index (χ1) is 12.6. The molecule has 0 unspecified atom stereocenters. The zero-order chi connectivity index (χ0) is 18.5. The molecule has 0 bridgehead atoms. The number of ether oxygens (including phenoxy) is 1. The van der Waals surface area contributed by atoms with Crippen molar-refractivity contribution < 1.29 is 14.3 Å². The lowest BCUT2D eigenvalue weighted by molar-refractivity contribution is -0.113. The molecule has 2 aromatic heterocycles. The molecule has 0 atom stereocenters. The molecule has 26 heavy (non-hydrogen) atoms. The van der Waals surface area contributed by atoms with Crippen LogP contribution in [-0.4, -0.2) is 44.7 Å². The molecule has 3 aromatic rings. The Bertz CT molecular complexity index is 980. The summed E-state index contributed by atoms with van der Waals surface area (Å²) >= 11 is 1.24. The fraction of sp³-hybridized carbons (Fsp3) is 0.176. The van der Waals surface area contributed by atoms with Gasteiger partial charge in [0.05, 0.1) is 29.5 Å². The molecule has 9 heteroatoms. The van der Waals surface area contributed by atoms with E-state index in [4.69, 9.17) is 4.74 Å². The maximum atomic E-state index is 12.3. The second-order valence-corrected chi connectivity index (χ2v) is 6.17. The number of para-hydroxylation sites is 1. The number of hydrogen-bond donors (Lipinski definition) is 1. The van der Waals surface area contributed by atoms with Crippen LogP contribution >= 0.6 is 11.8 Å². The number of esters is 1. The van der Waals surface area contributed by atoms with E-state index in [1.807, 2.05) is 0 Å². The molecular weight excluding hydrogens is 354 g/mol. The number of nitrogens with one attached hydrogen (secondary N) is 1. The molecule has 2 heterocycles. The fourth-order valence-electron chi connectivity index (χ4n) is 2.23. The predicted octanol–water partition coefficient (Wildman–Crippen LogP) is 2.25. The monoisotopic (exact) mass is 369 g/mol. The number of carbonyl (C=O) groups excluding carboxylic acids is 2.